The maximum atomic E-state index is 6.51. The summed E-state index contributed by atoms with van der Waals surface area (Å²) in [5.74, 6) is 1.93. The lowest BCUT2D eigenvalue weighted by molar-refractivity contribution is 0.125. The fourth-order valence-electron chi connectivity index (χ4n) is 3.77. The van der Waals surface area contributed by atoms with Crippen LogP contribution in [0.15, 0.2) is 67.1 Å². The van der Waals surface area contributed by atoms with E-state index < -0.39 is 0 Å². The van der Waals surface area contributed by atoms with Crippen LogP contribution < -0.4 is 14.8 Å². The lowest BCUT2D eigenvalue weighted by Crippen LogP contribution is -2.33. The Kier molecular flexibility index (Phi) is 8.89. The molecule has 0 aliphatic carbocycles. The first-order valence-corrected chi connectivity index (χ1v) is 12.1. The highest BCUT2D eigenvalue weighted by molar-refractivity contribution is 6.32. The SMILES string of the molecule is COCCN(C)C[C@H](C)Oc1cccc2ncnc(Nc3ccc(OCc4ccccn4)c(Cl)c3)c12. The van der Waals surface area contributed by atoms with Crippen LogP contribution in [0.5, 0.6) is 11.5 Å². The molecule has 0 aliphatic heterocycles. The number of aromatic nitrogens is 3. The highest BCUT2D eigenvalue weighted by Crippen LogP contribution is 2.34. The summed E-state index contributed by atoms with van der Waals surface area (Å²) in [6.07, 6.45) is 3.22. The smallest absolute Gasteiger partial charge is 0.145 e. The van der Waals surface area contributed by atoms with E-state index in [0.29, 0.717) is 35.6 Å². The number of benzene rings is 2. The van der Waals surface area contributed by atoms with Crippen LogP contribution in [-0.2, 0) is 11.3 Å². The quantitative estimate of drug-likeness (QED) is 0.275. The van der Waals surface area contributed by atoms with E-state index in [9.17, 15) is 0 Å². The van der Waals surface area contributed by atoms with Gasteiger partial charge in [-0.2, -0.15) is 0 Å². The molecule has 0 unspecified atom stereocenters. The standard InChI is InChI=1S/C27H30ClN5O3/c1-19(16-33(2)13-14-34-3)36-25-9-6-8-23-26(25)27(31-18-30-23)32-20-10-11-24(22(28)15-20)35-17-21-7-4-5-12-29-21/h4-12,15,18-19H,13-14,16-17H2,1-3H3,(H,30,31,32)/t19-/m0/s1. The van der Waals surface area contributed by atoms with E-state index in [-0.39, 0.29) is 6.10 Å². The second-order valence-corrected chi connectivity index (χ2v) is 8.84. The van der Waals surface area contributed by atoms with E-state index in [1.165, 1.54) is 6.33 Å². The first-order chi connectivity index (χ1) is 17.5. The van der Waals surface area contributed by atoms with E-state index in [1.54, 1.807) is 19.4 Å². The van der Waals surface area contributed by atoms with Gasteiger partial charge in [0.25, 0.3) is 0 Å². The molecule has 0 radical (unpaired) electrons. The largest absolute Gasteiger partial charge is 0.489 e. The summed E-state index contributed by atoms with van der Waals surface area (Å²) < 4.78 is 17.3. The molecule has 0 spiro atoms. The minimum absolute atomic E-state index is 0.0458. The molecule has 8 nitrogen and oxygen atoms in total. The molecule has 36 heavy (non-hydrogen) atoms. The predicted molar refractivity (Wildman–Crippen MR) is 142 cm³/mol. The number of methoxy groups -OCH3 is 1. The molecule has 2 heterocycles. The number of likely N-dealkylation sites (N-methyl/N-ethyl adjacent to an activating group) is 1. The molecule has 0 bridgehead atoms. The van der Waals surface area contributed by atoms with E-state index in [1.807, 2.05) is 62.5 Å². The minimum atomic E-state index is -0.0458. The maximum Gasteiger partial charge on any atom is 0.145 e. The van der Waals surface area contributed by atoms with Gasteiger partial charge < -0.3 is 24.4 Å². The van der Waals surface area contributed by atoms with Crippen molar-refractivity contribution in [1.29, 1.82) is 0 Å². The van der Waals surface area contributed by atoms with Crippen LogP contribution in [0.4, 0.5) is 11.5 Å². The van der Waals surface area contributed by atoms with Gasteiger partial charge in [0, 0.05) is 32.1 Å². The molecule has 2 aromatic heterocycles. The summed E-state index contributed by atoms with van der Waals surface area (Å²) in [6.45, 7) is 4.64. The van der Waals surface area contributed by atoms with Crippen LogP contribution in [0.2, 0.25) is 5.02 Å². The summed E-state index contributed by atoms with van der Waals surface area (Å²) in [5, 5.41) is 4.65. The molecule has 2 aromatic carbocycles. The Morgan fingerprint density at radius 2 is 1.92 bits per heavy atom. The van der Waals surface area contributed by atoms with Crippen molar-refractivity contribution in [3.63, 3.8) is 0 Å². The molecule has 4 aromatic rings. The zero-order valence-electron chi connectivity index (χ0n) is 20.6. The molecule has 0 saturated carbocycles. The summed E-state index contributed by atoms with van der Waals surface area (Å²) in [4.78, 5) is 15.4. The van der Waals surface area contributed by atoms with Gasteiger partial charge in [0.05, 0.1) is 28.2 Å². The number of rotatable bonds is 12. The second-order valence-electron chi connectivity index (χ2n) is 8.44. The van der Waals surface area contributed by atoms with Gasteiger partial charge in [-0.05, 0) is 56.4 Å². The Balaban J connectivity index is 1.50. The molecule has 0 fully saturated rings. The van der Waals surface area contributed by atoms with Crippen molar-refractivity contribution in [2.24, 2.45) is 0 Å². The Morgan fingerprint density at radius 1 is 1.03 bits per heavy atom. The second kappa shape index (κ2) is 12.5. The normalized spacial score (nSPS) is 12.0. The fourth-order valence-corrected chi connectivity index (χ4v) is 4.01. The number of hydrogen-bond donors (Lipinski definition) is 1. The van der Waals surface area contributed by atoms with Crippen LogP contribution in [0.25, 0.3) is 10.9 Å². The van der Waals surface area contributed by atoms with E-state index in [0.717, 1.165) is 35.4 Å². The van der Waals surface area contributed by atoms with Crippen LogP contribution in [0, 0.1) is 0 Å². The van der Waals surface area contributed by atoms with Crippen molar-refractivity contribution in [3.8, 4) is 11.5 Å². The lowest BCUT2D eigenvalue weighted by atomic mass is 10.2. The summed E-state index contributed by atoms with van der Waals surface area (Å²) >= 11 is 6.51. The number of ether oxygens (including phenoxy) is 3. The first-order valence-electron chi connectivity index (χ1n) is 11.7. The van der Waals surface area contributed by atoms with Crippen LogP contribution in [0.1, 0.15) is 12.6 Å². The summed E-state index contributed by atoms with van der Waals surface area (Å²) in [6, 6.07) is 17.0. The zero-order chi connectivity index (χ0) is 25.3. The van der Waals surface area contributed by atoms with Gasteiger partial charge in [0.2, 0.25) is 0 Å². The molecule has 0 saturated heterocycles. The Labute approximate surface area is 216 Å². The van der Waals surface area contributed by atoms with E-state index >= 15 is 0 Å². The van der Waals surface area contributed by atoms with E-state index in [4.69, 9.17) is 25.8 Å². The Morgan fingerprint density at radius 3 is 2.69 bits per heavy atom. The third-order valence-corrected chi connectivity index (χ3v) is 5.79. The van der Waals surface area contributed by atoms with Gasteiger partial charge in [0.15, 0.2) is 0 Å². The number of pyridine rings is 1. The van der Waals surface area contributed by atoms with E-state index in [2.05, 4.69) is 25.2 Å². The molecule has 1 N–H and O–H groups in total. The highest BCUT2D eigenvalue weighted by Gasteiger charge is 2.15. The predicted octanol–water partition coefficient (Wildman–Crippen LogP) is 5.35. The van der Waals surface area contributed by atoms with Crippen molar-refractivity contribution in [2.45, 2.75) is 19.6 Å². The summed E-state index contributed by atoms with van der Waals surface area (Å²) in [5.41, 5.74) is 2.38. The topological polar surface area (TPSA) is 81.6 Å². The van der Waals surface area contributed by atoms with Gasteiger partial charge in [-0.1, -0.05) is 23.7 Å². The fraction of sp³-hybridized carbons (Fsp3) is 0.296. The minimum Gasteiger partial charge on any atom is -0.489 e. The Hall–Kier alpha value is -3.46. The van der Waals surface area contributed by atoms with Gasteiger partial charge in [-0.25, -0.2) is 9.97 Å². The molecular weight excluding hydrogens is 478 g/mol. The lowest BCUT2D eigenvalue weighted by Gasteiger charge is -2.23. The molecule has 0 aliphatic rings. The molecular formula is C27H30ClN5O3. The summed E-state index contributed by atoms with van der Waals surface area (Å²) in [7, 11) is 3.75. The number of halogens is 1. The number of fused-ring (bicyclic) bond motifs is 1. The van der Waals surface area contributed by atoms with Crippen LogP contribution >= 0.6 is 11.6 Å². The molecule has 4 rings (SSSR count). The monoisotopic (exact) mass is 507 g/mol. The van der Waals surface area contributed by atoms with Gasteiger partial charge in [0.1, 0.15) is 36.4 Å². The van der Waals surface area contributed by atoms with Crippen molar-refractivity contribution in [3.05, 3.63) is 77.8 Å². The third-order valence-electron chi connectivity index (χ3n) is 5.50. The van der Waals surface area contributed by atoms with Crippen LogP contribution in [0.3, 0.4) is 0 Å². The number of anilines is 2. The molecule has 0 amide bonds. The van der Waals surface area contributed by atoms with Gasteiger partial charge in [-0.15, -0.1) is 0 Å². The maximum absolute atomic E-state index is 6.51. The van der Waals surface area contributed by atoms with Crippen molar-refractivity contribution in [1.82, 2.24) is 19.9 Å². The first kappa shape index (κ1) is 25.6. The number of nitrogens with zero attached hydrogens (tertiary/aromatic N) is 4. The number of hydrogen-bond acceptors (Lipinski definition) is 8. The molecule has 188 valence electrons. The third kappa shape index (κ3) is 6.81. The Bertz CT molecular complexity index is 1270. The number of nitrogens with one attached hydrogen (secondary N) is 1. The zero-order valence-corrected chi connectivity index (χ0v) is 21.4. The van der Waals surface area contributed by atoms with Crippen molar-refractivity contribution in [2.75, 3.05) is 39.2 Å². The molecule has 1 atom stereocenters. The van der Waals surface area contributed by atoms with Crippen LogP contribution in [-0.4, -0.2) is 59.8 Å². The van der Waals surface area contributed by atoms with Crippen molar-refractivity contribution >= 4 is 34.0 Å². The van der Waals surface area contributed by atoms with Gasteiger partial charge in [-0.3, -0.25) is 4.98 Å². The average molecular weight is 508 g/mol. The molecule has 9 heteroatoms. The highest BCUT2D eigenvalue weighted by atomic mass is 35.5. The average Bonchev–Trinajstić information content (AvgIpc) is 2.88. The van der Waals surface area contributed by atoms with Crippen molar-refractivity contribution < 1.29 is 14.2 Å². The van der Waals surface area contributed by atoms with Gasteiger partial charge >= 0.3 is 0 Å².